The monoisotopic (exact) mass is 335 g/mol. The van der Waals surface area contributed by atoms with Crippen LogP contribution in [0.25, 0.3) is 0 Å². The van der Waals surface area contributed by atoms with E-state index in [2.05, 4.69) is 5.32 Å². The van der Waals surface area contributed by atoms with Gasteiger partial charge in [-0.15, -0.1) is 11.8 Å². The largest absolute Gasteiger partial charge is 0.355 e. The number of nitrogens with one attached hydrogen (secondary N) is 1. The van der Waals surface area contributed by atoms with E-state index in [1.54, 1.807) is 6.92 Å². The zero-order valence-electron chi connectivity index (χ0n) is 13.1. The average molecular weight is 335 g/mol. The van der Waals surface area contributed by atoms with E-state index in [1.165, 1.54) is 0 Å². The van der Waals surface area contributed by atoms with Crippen molar-refractivity contribution in [1.82, 2.24) is 5.32 Å². The number of halogens is 2. The van der Waals surface area contributed by atoms with E-state index < -0.39 is 16.9 Å². The van der Waals surface area contributed by atoms with Crippen LogP contribution in [0.2, 0.25) is 0 Å². The first-order valence-corrected chi connectivity index (χ1v) is 8.29. The fraction of sp³-hybridized carbons (Fsp3) is 0.278. The summed E-state index contributed by atoms with van der Waals surface area (Å²) < 4.78 is 26.8. The van der Waals surface area contributed by atoms with Crippen LogP contribution in [0.3, 0.4) is 0 Å². The molecular weight excluding hydrogens is 316 g/mol. The summed E-state index contributed by atoms with van der Waals surface area (Å²) in [5.41, 5.74) is 1.14. The highest BCUT2D eigenvalue weighted by atomic mass is 32.2. The summed E-state index contributed by atoms with van der Waals surface area (Å²) in [4.78, 5) is 12.3. The second-order valence-electron chi connectivity index (χ2n) is 5.39. The minimum Gasteiger partial charge on any atom is -0.355 e. The predicted octanol–water partition coefficient (Wildman–Crippen LogP) is 4.37. The molecule has 0 aliphatic rings. The smallest absolute Gasteiger partial charge is 0.233 e. The van der Waals surface area contributed by atoms with Crippen LogP contribution in [-0.4, -0.2) is 17.7 Å². The van der Waals surface area contributed by atoms with Crippen molar-refractivity contribution < 1.29 is 13.6 Å². The summed E-state index contributed by atoms with van der Waals surface area (Å²) in [5, 5.41) is 2.35. The second-order valence-corrected chi connectivity index (χ2v) is 6.77. The van der Waals surface area contributed by atoms with E-state index in [0.717, 1.165) is 35.5 Å². The Hall–Kier alpha value is -1.88. The standard InChI is InChI=1S/C18H19F2NOS/c1-12(14-6-4-3-5-7-14)11-21-18(22)13(2)23-17-10-15(19)8-9-16(17)20/h3-10,12-13H,11H2,1-2H3,(H,21,22)/t12-,13+/m0/s1. The van der Waals surface area contributed by atoms with E-state index >= 15 is 0 Å². The van der Waals surface area contributed by atoms with Crippen LogP contribution in [0, 0.1) is 11.6 Å². The Morgan fingerprint density at radius 1 is 1.13 bits per heavy atom. The maximum absolute atomic E-state index is 13.6. The van der Waals surface area contributed by atoms with Gasteiger partial charge in [0.1, 0.15) is 11.6 Å². The second kappa shape index (κ2) is 8.11. The zero-order valence-corrected chi connectivity index (χ0v) is 13.9. The molecule has 122 valence electrons. The Kier molecular flexibility index (Phi) is 6.16. The lowest BCUT2D eigenvalue weighted by Crippen LogP contribution is -2.33. The number of thioether (sulfide) groups is 1. The van der Waals surface area contributed by atoms with Crippen molar-refractivity contribution in [3.63, 3.8) is 0 Å². The molecule has 2 aromatic carbocycles. The Bertz CT molecular complexity index is 663. The number of hydrogen-bond acceptors (Lipinski definition) is 2. The van der Waals surface area contributed by atoms with Crippen LogP contribution in [0.15, 0.2) is 53.4 Å². The lowest BCUT2D eigenvalue weighted by molar-refractivity contribution is -0.120. The lowest BCUT2D eigenvalue weighted by Gasteiger charge is -2.16. The number of rotatable bonds is 6. The van der Waals surface area contributed by atoms with Gasteiger partial charge in [-0.05, 0) is 36.6 Å². The van der Waals surface area contributed by atoms with E-state index in [0.29, 0.717) is 6.54 Å². The number of carbonyl (C=O) groups excluding carboxylic acids is 1. The van der Waals surface area contributed by atoms with Crippen molar-refractivity contribution in [2.45, 2.75) is 29.9 Å². The first-order chi connectivity index (χ1) is 11.0. The minimum absolute atomic E-state index is 0.142. The minimum atomic E-state index is -0.520. The highest BCUT2D eigenvalue weighted by molar-refractivity contribution is 8.00. The van der Waals surface area contributed by atoms with Crippen molar-refractivity contribution in [2.24, 2.45) is 0 Å². The van der Waals surface area contributed by atoms with Crippen molar-refractivity contribution in [2.75, 3.05) is 6.54 Å². The van der Waals surface area contributed by atoms with Gasteiger partial charge >= 0.3 is 0 Å². The van der Waals surface area contributed by atoms with Crippen LogP contribution < -0.4 is 5.32 Å². The van der Waals surface area contributed by atoms with E-state index in [9.17, 15) is 13.6 Å². The Morgan fingerprint density at radius 3 is 2.52 bits per heavy atom. The molecule has 2 atom stereocenters. The van der Waals surface area contributed by atoms with Gasteiger partial charge in [0.15, 0.2) is 0 Å². The molecule has 2 nitrogen and oxygen atoms in total. The van der Waals surface area contributed by atoms with E-state index in [-0.39, 0.29) is 16.7 Å². The number of benzene rings is 2. The molecule has 1 N–H and O–H groups in total. The SMILES string of the molecule is C[C@@H](Sc1cc(F)ccc1F)C(=O)NC[C@H](C)c1ccccc1. The van der Waals surface area contributed by atoms with Gasteiger partial charge in [-0.1, -0.05) is 37.3 Å². The third-order valence-electron chi connectivity index (χ3n) is 3.52. The molecule has 1 amide bonds. The lowest BCUT2D eigenvalue weighted by atomic mass is 10.0. The van der Waals surface area contributed by atoms with Crippen LogP contribution in [0.4, 0.5) is 8.78 Å². The summed E-state index contributed by atoms with van der Waals surface area (Å²) in [7, 11) is 0. The molecule has 5 heteroatoms. The van der Waals surface area contributed by atoms with Gasteiger partial charge in [0, 0.05) is 11.4 Å². The van der Waals surface area contributed by atoms with Crippen LogP contribution in [0.1, 0.15) is 25.3 Å². The number of carbonyl (C=O) groups is 1. The number of amides is 1. The molecule has 0 unspecified atom stereocenters. The molecule has 0 aliphatic carbocycles. The molecule has 0 heterocycles. The van der Waals surface area contributed by atoms with Crippen LogP contribution >= 0.6 is 11.8 Å². The maximum Gasteiger partial charge on any atom is 0.233 e. The van der Waals surface area contributed by atoms with Gasteiger partial charge < -0.3 is 5.32 Å². The molecular formula is C18H19F2NOS. The molecule has 0 saturated heterocycles. The van der Waals surface area contributed by atoms with Gasteiger partial charge in [-0.25, -0.2) is 8.78 Å². The molecule has 0 spiro atoms. The molecule has 0 saturated carbocycles. The van der Waals surface area contributed by atoms with Gasteiger partial charge in [-0.3, -0.25) is 4.79 Å². The fourth-order valence-corrected chi connectivity index (χ4v) is 3.04. The van der Waals surface area contributed by atoms with Crippen molar-refractivity contribution >= 4 is 17.7 Å². The highest BCUT2D eigenvalue weighted by Crippen LogP contribution is 2.27. The van der Waals surface area contributed by atoms with Gasteiger partial charge in [-0.2, -0.15) is 0 Å². The molecule has 0 radical (unpaired) electrons. The van der Waals surface area contributed by atoms with Crippen molar-refractivity contribution in [3.05, 3.63) is 65.7 Å². The van der Waals surface area contributed by atoms with Gasteiger partial charge in [0.05, 0.1) is 5.25 Å². The predicted molar refractivity (Wildman–Crippen MR) is 89.5 cm³/mol. The van der Waals surface area contributed by atoms with Crippen LogP contribution in [-0.2, 0) is 4.79 Å². The normalized spacial score (nSPS) is 13.4. The molecule has 2 rings (SSSR count). The van der Waals surface area contributed by atoms with E-state index in [1.807, 2.05) is 37.3 Å². The quantitative estimate of drug-likeness (QED) is 0.795. The Balaban J connectivity index is 1.89. The van der Waals surface area contributed by atoms with E-state index in [4.69, 9.17) is 0 Å². The van der Waals surface area contributed by atoms with Crippen molar-refractivity contribution in [1.29, 1.82) is 0 Å². The first-order valence-electron chi connectivity index (χ1n) is 7.41. The Labute approximate surface area is 139 Å². The molecule has 0 aliphatic heterocycles. The molecule has 0 fully saturated rings. The van der Waals surface area contributed by atoms with Crippen LogP contribution in [0.5, 0.6) is 0 Å². The first kappa shape index (κ1) is 17.5. The van der Waals surface area contributed by atoms with Gasteiger partial charge in [0.25, 0.3) is 0 Å². The molecule has 0 bridgehead atoms. The maximum atomic E-state index is 13.6. The molecule has 2 aromatic rings. The summed E-state index contributed by atoms with van der Waals surface area (Å²) >= 11 is 1.01. The number of hydrogen-bond donors (Lipinski definition) is 1. The molecule has 23 heavy (non-hydrogen) atoms. The summed E-state index contributed by atoms with van der Waals surface area (Å²) in [6.45, 7) is 4.20. The average Bonchev–Trinajstić information content (AvgIpc) is 2.56. The fourth-order valence-electron chi connectivity index (χ4n) is 2.11. The third-order valence-corrected chi connectivity index (χ3v) is 4.65. The highest BCUT2D eigenvalue weighted by Gasteiger charge is 2.17. The summed E-state index contributed by atoms with van der Waals surface area (Å²) in [6, 6.07) is 13.1. The summed E-state index contributed by atoms with van der Waals surface area (Å²) in [5.74, 6) is -1.04. The third kappa shape index (κ3) is 5.06. The zero-order chi connectivity index (χ0) is 16.8. The summed E-state index contributed by atoms with van der Waals surface area (Å²) in [6.07, 6.45) is 0. The van der Waals surface area contributed by atoms with Gasteiger partial charge in [0.2, 0.25) is 5.91 Å². The Morgan fingerprint density at radius 2 is 1.83 bits per heavy atom. The van der Waals surface area contributed by atoms with Crippen molar-refractivity contribution in [3.8, 4) is 0 Å². The molecule has 0 aromatic heterocycles. The topological polar surface area (TPSA) is 29.1 Å².